The number of hydrogen-bond acceptors (Lipinski definition) is 5. The number of carbonyl (C=O) groups excluding carboxylic acids is 1. The third kappa shape index (κ3) is 4.75. The molecule has 6 heteroatoms. The van der Waals surface area contributed by atoms with E-state index in [2.05, 4.69) is 15.3 Å². The van der Waals surface area contributed by atoms with E-state index in [0.717, 1.165) is 45.7 Å². The molecule has 0 atom stereocenters. The van der Waals surface area contributed by atoms with Crippen molar-refractivity contribution in [3.63, 3.8) is 0 Å². The second-order valence-corrected chi connectivity index (χ2v) is 8.02. The monoisotopic (exact) mass is 370 g/mol. The first-order chi connectivity index (χ1) is 12.4. The molecule has 1 saturated carbocycles. The molecule has 0 unspecified atom stereocenters. The van der Waals surface area contributed by atoms with Crippen LogP contribution in [0.5, 0.6) is 0 Å². The van der Waals surface area contributed by atoms with E-state index in [9.17, 15) is 4.79 Å². The number of anilines is 1. The molecule has 1 amide bonds. The molecule has 2 aromatic rings. The van der Waals surface area contributed by atoms with E-state index in [1.165, 1.54) is 12.8 Å². The molecule has 26 heavy (non-hydrogen) atoms. The van der Waals surface area contributed by atoms with Crippen LogP contribution in [0.2, 0.25) is 0 Å². The molecule has 0 spiro atoms. The maximum atomic E-state index is 12.1. The summed E-state index contributed by atoms with van der Waals surface area (Å²) in [6.45, 7) is 4.87. The van der Waals surface area contributed by atoms with Crippen LogP contribution in [0.3, 0.4) is 0 Å². The van der Waals surface area contributed by atoms with Gasteiger partial charge in [-0.25, -0.2) is 9.97 Å². The predicted octanol–water partition coefficient (Wildman–Crippen LogP) is 3.59. The lowest BCUT2D eigenvalue weighted by Crippen LogP contribution is -2.25. The first-order valence-corrected chi connectivity index (χ1v) is 9.95. The van der Waals surface area contributed by atoms with Gasteiger partial charge in [0, 0.05) is 43.2 Å². The summed E-state index contributed by atoms with van der Waals surface area (Å²) < 4.78 is 0. The van der Waals surface area contributed by atoms with Crippen molar-refractivity contribution in [3.8, 4) is 0 Å². The molecule has 0 aliphatic heterocycles. The highest BCUT2D eigenvalue weighted by Gasteiger charge is 2.21. The molecule has 1 aromatic carbocycles. The van der Waals surface area contributed by atoms with Crippen LogP contribution in [0.25, 0.3) is 0 Å². The van der Waals surface area contributed by atoms with Gasteiger partial charge >= 0.3 is 0 Å². The van der Waals surface area contributed by atoms with Gasteiger partial charge in [0.15, 0.2) is 5.16 Å². The van der Waals surface area contributed by atoms with E-state index in [4.69, 9.17) is 0 Å². The molecule has 1 N–H and O–H groups in total. The van der Waals surface area contributed by atoms with Crippen LogP contribution in [0.4, 0.5) is 5.82 Å². The number of aromatic nitrogens is 2. The minimum Gasteiger partial charge on any atom is -0.362 e. The van der Waals surface area contributed by atoms with Crippen molar-refractivity contribution in [2.75, 3.05) is 25.5 Å². The van der Waals surface area contributed by atoms with Crippen LogP contribution in [-0.2, 0) is 5.75 Å². The molecule has 0 bridgehead atoms. The van der Waals surface area contributed by atoms with Gasteiger partial charge in [0.1, 0.15) is 5.82 Å². The Morgan fingerprint density at radius 1 is 1.19 bits per heavy atom. The zero-order valence-electron chi connectivity index (χ0n) is 15.9. The van der Waals surface area contributed by atoms with Gasteiger partial charge in [-0.2, -0.15) is 0 Å². The van der Waals surface area contributed by atoms with Crippen molar-refractivity contribution >= 4 is 23.5 Å². The zero-order chi connectivity index (χ0) is 18.7. The van der Waals surface area contributed by atoms with Crippen LogP contribution in [0.1, 0.15) is 40.0 Å². The lowest BCUT2D eigenvalue weighted by Gasteiger charge is -2.16. The van der Waals surface area contributed by atoms with E-state index in [1.54, 1.807) is 11.8 Å². The lowest BCUT2D eigenvalue weighted by atomic mass is 10.1. The largest absolute Gasteiger partial charge is 0.362 e. The summed E-state index contributed by atoms with van der Waals surface area (Å²) >= 11 is 1.62. The number of amides is 1. The average Bonchev–Trinajstić information content (AvgIpc) is 3.45. The maximum Gasteiger partial charge on any atom is 0.251 e. The van der Waals surface area contributed by atoms with Gasteiger partial charge in [0.2, 0.25) is 0 Å². The Labute approximate surface area is 159 Å². The molecule has 1 aliphatic rings. The molecule has 5 nitrogen and oxygen atoms in total. The molecule has 1 aromatic heterocycles. The van der Waals surface area contributed by atoms with E-state index in [-0.39, 0.29) is 5.91 Å². The summed E-state index contributed by atoms with van der Waals surface area (Å²) in [5, 5.41) is 3.78. The van der Waals surface area contributed by atoms with Crippen molar-refractivity contribution in [2.45, 2.75) is 37.6 Å². The minimum atomic E-state index is 0.0178. The lowest BCUT2D eigenvalue weighted by molar-refractivity contribution is 0.0952. The van der Waals surface area contributed by atoms with Gasteiger partial charge < -0.3 is 10.2 Å². The van der Waals surface area contributed by atoms with E-state index in [1.807, 2.05) is 57.1 Å². The predicted molar refractivity (Wildman–Crippen MR) is 107 cm³/mol. The van der Waals surface area contributed by atoms with Crippen molar-refractivity contribution in [1.82, 2.24) is 15.3 Å². The number of aryl methyl sites for hydroxylation is 1. The summed E-state index contributed by atoms with van der Waals surface area (Å²) in [5.74, 6) is 2.45. The van der Waals surface area contributed by atoms with Crippen LogP contribution in [0.15, 0.2) is 29.4 Å². The highest BCUT2D eigenvalue weighted by atomic mass is 32.2. The molecule has 138 valence electrons. The summed E-state index contributed by atoms with van der Waals surface area (Å²) in [5.41, 5.74) is 3.99. The topological polar surface area (TPSA) is 58.1 Å². The van der Waals surface area contributed by atoms with E-state index >= 15 is 0 Å². The van der Waals surface area contributed by atoms with Crippen molar-refractivity contribution < 1.29 is 4.79 Å². The Morgan fingerprint density at radius 2 is 1.88 bits per heavy atom. The van der Waals surface area contributed by atoms with Gasteiger partial charge in [-0.15, -0.1) is 0 Å². The molecule has 1 aliphatic carbocycles. The standard InChI is InChI=1S/C20H26N4OS/c1-13-14(2)22-20(23-18(13)24(3)4)26-12-16-7-9-17(10-8-16)19(25)21-11-15-5-6-15/h7-10,15H,5-6,11-12H2,1-4H3,(H,21,25). The number of rotatable bonds is 7. The molecule has 1 fully saturated rings. The third-order valence-corrected chi connectivity index (χ3v) is 5.52. The van der Waals surface area contributed by atoms with Gasteiger partial charge in [-0.3, -0.25) is 4.79 Å². The maximum absolute atomic E-state index is 12.1. The van der Waals surface area contributed by atoms with Gasteiger partial charge in [-0.1, -0.05) is 23.9 Å². The van der Waals surface area contributed by atoms with Crippen LogP contribution < -0.4 is 10.2 Å². The first-order valence-electron chi connectivity index (χ1n) is 8.96. The summed E-state index contributed by atoms with van der Waals surface area (Å²) in [6.07, 6.45) is 2.49. The highest BCUT2D eigenvalue weighted by molar-refractivity contribution is 7.98. The second kappa shape index (κ2) is 8.08. The zero-order valence-corrected chi connectivity index (χ0v) is 16.7. The summed E-state index contributed by atoms with van der Waals surface area (Å²) in [4.78, 5) is 23.4. The number of hydrogen-bond donors (Lipinski definition) is 1. The van der Waals surface area contributed by atoms with Crippen molar-refractivity contribution in [1.29, 1.82) is 0 Å². The quantitative estimate of drug-likeness (QED) is 0.596. The van der Waals surface area contributed by atoms with Crippen LogP contribution in [-0.4, -0.2) is 36.5 Å². The van der Waals surface area contributed by atoms with Gasteiger partial charge in [0.25, 0.3) is 5.91 Å². The van der Waals surface area contributed by atoms with E-state index < -0.39 is 0 Å². The normalized spacial score (nSPS) is 13.5. The fraction of sp³-hybridized carbons (Fsp3) is 0.450. The second-order valence-electron chi connectivity index (χ2n) is 7.07. The Kier molecular flexibility index (Phi) is 5.81. The highest BCUT2D eigenvalue weighted by Crippen LogP contribution is 2.28. The average molecular weight is 371 g/mol. The van der Waals surface area contributed by atoms with Crippen molar-refractivity contribution in [2.24, 2.45) is 5.92 Å². The first kappa shape index (κ1) is 18.7. The third-order valence-electron chi connectivity index (χ3n) is 4.60. The Hall–Kier alpha value is -2.08. The molecule has 3 rings (SSSR count). The van der Waals surface area contributed by atoms with Gasteiger partial charge in [0.05, 0.1) is 0 Å². The summed E-state index contributed by atoms with van der Waals surface area (Å²) in [7, 11) is 3.99. The molecule has 1 heterocycles. The number of nitrogens with one attached hydrogen (secondary N) is 1. The van der Waals surface area contributed by atoms with Gasteiger partial charge in [-0.05, 0) is 50.3 Å². The molecular weight excluding hydrogens is 344 g/mol. The molecule has 0 saturated heterocycles. The number of nitrogens with zero attached hydrogens (tertiary/aromatic N) is 3. The van der Waals surface area contributed by atoms with Crippen molar-refractivity contribution in [3.05, 3.63) is 46.6 Å². The fourth-order valence-corrected chi connectivity index (χ4v) is 3.49. The van der Waals surface area contributed by atoms with Crippen LogP contribution >= 0.6 is 11.8 Å². The molecular formula is C20H26N4OS. The number of carbonyl (C=O) groups is 1. The van der Waals surface area contributed by atoms with Crippen LogP contribution in [0, 0.1) is 19.8 Å². The van der Waals surface area contributed by atoms with E-state index in [0.29, 0.717) is 5.92 Å². The number of thioether (sulfide) groups is 1. The minimum absolute atomic E-state index is 0.0178. The number of benzene rings is 1. The smallest absolute Gasteiger partial charge is 0.251 e. The Bertz CT molecular complexity index is 785. The Balaban J connectivity index is 1.60. The SMILES string of the molecule is Cc1nc(SCc2ccc(C(=O)NCC3CC3)cc2)nc(N(C)C)c1C. The fourth-order valence-electron chi connectivity index (χ4n) is 2.65. The Morgan fingerprint density at radius 3 is 2.50 bits per heavy atom. The molecule has 0 radical (unpaired) electrons. The summed E-state index contributed by atoms with van der Waals surface area (Å²) in [6, 6.07) is 7.80.